The number of para-hydroxylation sites is 4. The van der Waals surface area contributed by atoms with Crippen LogP contribution in [0.2, 0.25) is 0 Å². The van der Waals surface area contributed by atoms with Gasteiger partial charge in [-0.15, -0.1) is 0 Å². The number of rotatable bonds is 7. The van der Waals surface area contributed by atoms with Crippen molar-refractivity contribution in [2.75, 3.05) is 5.32 Å². The SMILES string of the molecule is C=C/C(=C/c1c(/C=C\c2coc3ccccc23)oc2ccccc12)Nc1ccccc1-c1ccc2c(c1)c1ccccc1n2C(C)(C)C. The Morgan fingerprint density at radius 3 is 2.21 bits per heavy atom. The van der Waals surface area contributed by atoms with Crippen molar-refractivity contribution in [3.63, 3.8) is 0 Å². The Morgan fingerprint density at radius 2 is 1.40 bits per heavy atom. The van der Waals surface area contributed by atoms with Gasteiger partial charge in [0.15, 0.2) is 0 Å². The topological polar surface area (TPSA) is 43.2 Å². The lowest BCUT2D eigenvalue weighted by Gasteiger charge is -2.24. The van der Waals surface area contributed by atoms with Crippen LogP contribution in [0, 0.1) is 0 Å². The first-order valence-electron chi connectivity index (χ1n) is 16.3. The number of fused-ring (bicyclic) bond motifs is 5. The molecule has 4 nitrogen and oxygen atoms in total. The Bertz CT molecular complexity index is 2540. The van der Waals surface area contributed by atoms with Gasteiger partial charge in [-0.25, -0.2) is 0 Å². The smallest absolute Gasteiger partial charge is 0.135 e. The van der Waals surface area contributed by atoms with Crippen LogP contribution in [0.5, 0.6) is 0 Å². The van der Waals surface area contributed by atoms with Crippen molar-refractivity contribution in [1.29, 1.82) is 0 Å². The number of anilines is 1. The molecule has 0 amide bonds. The third kappa shape index (κ3) is 5.12. The third-order valence-electron chi connectivity index (χ3n) is 8.97. The molecule has 0 atom stereocenters. The molecule has 0 aliphatic carbocycles. The monoisotopic (exact) mass is 624 g/mol. The molecule has 0 saturated heterocycles. The molecule has 48 heavy (non-hydrogen) atoms. The molecule has 0 fully saturated rings. The van der Waals surface area contributed by atoms with Crippen molar-refractivity contribution in [2.24, 2.45) is 0 Å². The van der Waals surface area contributed by atoms with Gasteiger partial charge in [-0.2, -0.15) is 0 Å². The number of furan rings is 2. The van der Waals surface area contributed by atoms with Crippen LogP contribution in [-0.4, -0.2) is 4.57 Å². The summed E-state index contributed by atoms with van der Waals surface area (Å²) in [6.07, 6.45) is 9.81. The van der Waals surface area contributed by atoms with Crippen molar-refractivity contribution in [3.05, 3.63) is 157 Å². The van der Waals surface area contributed by atoms with Crippen LogP contribution < -0.4 is 5.32 Å². The molecule has 0 aliphatic rings. The molecule has 1 N–H and O–H groups in total. The van der Waals surface area contributed by atoms with E-state index < -0.39 is 0 Å². The van der Waals surface area contributed by atoms with Crippen LogP contribution >= 0.6 is 0 Å². The largest absolute Gasteiger partial charge is 0.464 e. The maximum atomic E-state index is 6.37. The second-order valence-corrected chi connectivity index (χ2v) is 13.1. The second-order valence-electron chi connectivity index (χ2n) is 13.1. The molecule has 5 aromatic carbocycles. The maximum absolute atomic E-state index is 6.37. The van der Waals surface area contributed by atoms with Gasteiger partial charge in [-0.3, -0.25) is 0 Å². The minimum atomic E-state index is -0.0520. The molecule has 0 spiro atoms. The van der Waals surface area contributed by atoms with E-state index in [4.69, 9.17) is 8.83 Å². The number of aromatic nitrogens is 1. The molecule has 3 heterocycles. The third-order valence-corrected chi connectivity index (χ3v) is 8.97. The molecule has 8 rings (SSSR count). The summed E-state index contributed by atoms with van der Waals surface area (Å²) < 4.78 is 14.6. The lowest BCUT2D eigenvalue weighted by Crippen LogP contribution is -2.21. The Labute approximate surface area is 279 Å². The van der Waals surface area contributed by atoms with Crippen LogP contribution in [-0.2, 0) is 5.54 Å². The summed E-state index contributed by atoms with van der Waals surface area (Å²) in [6, 6.07) is 40.1. The molecule has 0 aliphatic heterocycles. The van der Waals surface area contributed by atoms with E-state index in [0.717, 1.165) is 61.3 Å². The molecular formula is C44H36N2O2. The highest BCUT2D eigenvalue weighted by molar-refractivity contribution is 6.10. The van der Waals surface area contributed by atoms with Crippen molar-refractivity contribution in [1.82, 2.24) is 4.57 Å². The van der Waals surface area contributed by atoms with Crippen molar-refractivity contribution in [3.8, 4) is 11.1 Å². The zero-order chi connectivity index (χ0) is 32.8. The number of allylic oxidation sites excluding steroid dienone is 1. The van der Waals surface area contributed by atoms with Crippen LogP contribution in [0.15, 0.2) is 149 Å². The molecule has 0 bridgehead atoms. The predicted octanol–water partition coefficient (Wildman–Crippen LogP) is 12.5. The zero-order valence-electron chi connectivity index (χ0n) is 27.3. The van der Waals surface area contributed by atoms with E-state index in [1.54, 1.807) is 6.26 Å². The van der Waals surface area contributed by atoms with Gasteiger partial charge in [-0.1, -0.05) is 85.4 Å². The van der Waals surface area contributed by atoms with E-state index in [9.17, 15) is 0 Å². The molecule has 234 valence electrons. The van der Waals surface area contributed by atoms with Gasteiger partial charge in [0.25, 0.3) is 0 Å². The second kappa shape index (κ2) is 11.7. The summed E-state index contributed by atoms with van der Waals surface area (Å²) in [5.41, 5.74) is 10.2. The van der Waals surface area contributed by atoms with E-state index in [1.165, 1.54) is 21.8 Å². The molecular weight excluding hydrogens is 588 g/mol. The van der Waals surface area contributed by atoms with Crippen molar-refractivity contribution >= 4 is 67.7 Å². The zero-order valence-corrected chi connectivity index (χ0v) is 27.3. The average Bonchev–Trinajstić information content (AvgIpc) is 3.78. The van der Waals surface area contributed by atoms with Gasteiger partial charge < -0.3 is 18.7 Å². The number of benzene rings is 5. The number of hydrogen-bond acceptors (Lipinski definition) is 3. The average molecular weight is 625 g/mol. The fraction of sp³-hybridized carbons (Fsp3) is 0.0909. The Kier molecular flexibility index (Phi) is 7.14. The van der Waals surface area contributed by atoms with Crippen molar-refractivity contribution in [2.45, 2.75) is 26.3 Å². The first-order valence-corrected chi connectivity index (χ1v) is 16.3. The normalized spacial score (nSPS) is 12.6. The number of nitrogens with one attached hydrogen (secondary N) is 1. The summed E-state index contributed by atoms with van der Waals surface area (Å²) in [7, 11) is 0. The molecule has 0 saturated carbocycles. The molecule has 0 radical (unpaired) electrons. The summed E-state index contributed by atoms with van der Waals surface area (Å²) in [4.78, 5) is 0. The number of hydrogen-bond donors (Lipinski definition) is 1. The minimum absolute atomic E-state index is 0.0520. The van der Waals surface area contributed by atoms with Gasteiger partial charge in [0.2, 0.25) is 0 Å². The fourth-order valence-electron chi connectivity index (χ4n) is 6.81. The van der Waals surface area contributed by atoms with Gasteiger partial charge in [0.1, 0.15) is 16.9 Å². The van der Waals surface area contributed by atoms with Gasteiger partial charge >= 0.3 is 0 Å². The summed E-state index contributed by atoms with van der Waals surface area (Å²) in [5, 5.41) is 8.30. The molecule has 8 aromatic rings. The molecule has 4 heteroatoms. The highest BCUT2D eigenvalue weighted by atomic mass is 16.3. The summed E-state index contributed by atoms with van der Waals surface area (Å²) >= 11 is 0. The Balaban J connectivity index is 1.19. The van der Waals surface area contributed by atoms with E-state index in [-0.39, 0.29) is 5.54 Å². The fourth-order valence-corrected chi connectivity index (χ4v) is 6.81. The van der Waals surface area contributed by atoms with E-state index >= 15 is 0 Å². The van der Waals surface area contributed by atoms with E-state index in [0.29, 0.717) is 0 Å². The lowest BCUT2D eigenvalue weighted by atomic mass is 10.0. The van der Waals surface area contributed by atoms with Gasteiger partial charge in [-0.05, 0) is 87.0 Å². The summed E-state index contributed by atoms with van der Waals surface area (Å²) in [6.45, 7) is 11.0. The highest BCUT2D eigenvalue weighted by Gasteiger charge is 2.21. The summed E-state index contributed by atoms with van der Waals surface area (Å²) in [5.74, 6) is 0.761. The van der Waals surface area contributed by atoms with E-state index in [2.05, 4.69) is 122 Å². The first-order chi connectivity index (χ1) is 23.4. The van der Waals surface area contributed by atoms with Crippen LogP contribution in [0.3, 0.4) is 0 Å². The lowest BCUT2D eigenvalue weighted by molar-refractivity contribution is 0.423. The van der Waals surface area contributed by atoms with Crippen LogP contribution in [0.25, 0.3) is 73.1 Å². The van der Waals surface area contributed by atoms with Crippen LogP contribution in [0.4, 0.5) is 5.69 Å². The standard InChI is InChI=1S/C44H36N2O2/c1-5-31(27-37-35-17-9-13-21-42(35)48-43(37)25-23-30-28-47-41-20-12-8-15-33(30)41)45-38-18-10-6-14-32(38)29-22-24-40-36(26-29)34-16-7-11-19-39(34)46(40)44(2,3)4/h5-28,45H,1H2,2-4H3/b25-23-,31-27-. The highest BCUT2D eigenvalue weighted by Crippen LogP contribution is 2.38. The Hall–Kier alpha value is -6.00. The molecule has 0 unspecified atom stereocenters. The first kappa shape index (κ1) is 29.4. The molecule has 3 aromatic heterocycles. The van der Waals surface area contributed by atoms with E-state index in [1.807, 2.05) is 54.6 Å². The maximum Gasteiger partial charge on any atom is 0.135 e. The van der Waals surface area contributed by atoms with Crippen LogP contribution in [0.1, 0.15) is 37.7 Å². The number of nitrogens with zero attached hydrogens (tertiary/aromatic N) is 1. The van der Waals surface area contributed by atoms with Gasteiger partial charge in [0, 0.05) is 66.2 Å². The minimum Gasteiger partial charge on any atom is -0.464 e. The predicted molar refractivity (Wildman–Crippen MR) is 203 cm³/mol. The van der Waals surface area contributed by atoms with Crippen molar-refractivity contribution < 1.29 is 8.83 Å². The van der Waals surface area contributed by atoms with Gasteiger partial charge in [0.05, 0.1) is 6.26 Å². The quantitative estimate of drug-likeness (QED) is 0.179. The Morgan fingerprint density at radius 1 is 0.708 bits per heavy atom.